The van der Waals surface area contributed by atoms with Crippen LogP contribution in [0.3, 0.4) is 0 Å². The van der Waals surface area contributed by atoms with Crippen molar-refractivity contribution in [2.45, 2.75) is 13.5 Å². The number of carboxylic acid groups (broad SMARTS) is 1. The van der Waals surface area contributed by atoms with Crippen LogP contribution in [0, 0.1) is 17.0 Å². The van der Waals surface area contributed by atoms with Crippen molar-refractivity contribution in [2.75, 3.05) is 11.9 Å². The number of hydrogen-bond acceptors (Lipinski definition) is 5. The van der Waals surface area contributed by atoms with E-state index in [0.717, 1.165) is 11.6 Å². The van der Waals surface area contributed by atoms with Crippen molar-refractivity contribution in [3.05, 3.63) is 51.8 Å². The van der Waals surface area contributed by atoms with Gasteiger partial charge in [-0.15, -0.1) is 0 Å². The number of aromatic nitrogens is 2. The highest BCUT2D eigenvalue weighted by Crippen LogP contribution is 2.22. The molecular formula is C13H14N4O4. The number of hydrogen-bond donors (Lipinski definition) is 2. The normalized spacial score (nSPS) is 10.3. The number of non-ortho nitro benzene ring substituents is 1. The third-order valence-corrected chi connectivity index (χ3v) is 2.86. The number of aromatic carboxylic acids is 1. The van der Waals surface area contributed by atoms with Crippen molar-refractivity contribution >= 4 is 17.3 Å². The summed E-state index contributed by atoms with van der Waals surface area (Å²) in [5.41, 5.74) is 1.01. The molecule has 0 amide bonds. The van der Waals surface area contributed by atoms with E-state index in [-0.39, 0.29) is 11.3 Å². The maximum Gasteiger partial charge on any atom is 0.338 e. The minimum absolute atomic E-state index is 0.124. The zero-order valence-corrected chi connectivity index (χ0v) is 11.3. The van der Waals surface area contributed by atoms with Gasteiger partial charge in [-0.05, 0) is 18.6 Å². The molecular weight excluding hydrogens is 276 g/mol. The molecule has 21 heavy (non-hydrogen) atoms. The quantitative estimate of drug-likeness (QED) is 0.621. The molecule has 0 aliphatic heterocycles. The van der Waals surface area contributed by atoms with Gasteiger partial charge >= 0.3 is 5.97 Å². The van der Waals surface area contributed by atoms with Crippen LogP contribution >= 0.6 is 0 Å². The second kappa shape index (κ2) is 6.04. The summed E-state index contributed by atoms with van der Waals surface area (Å²) in [6, 6.07) is 3.71. The number of nitrogens with one attached hydrogen (secondary N) is 1. The van der Waals surface area contributed by atoms with Crippen LogP contribution in [0.25, 0.3) is 0 Å². The molecule has 1 aromatic carbocycles. The molecule has 8 heteroatoms. The van der Waals surface area contributed by atoms with Gasteiger partial charge in [-0.3, -0.25) is 14.8 Å². The van der Waals surface area contributed by atoms with Crippen molar-refractivity contribution in [3.63, 3.8) is 0 Å². The van der Waals surface area contributed by atoms with Gasteiger partial charge < -0.3 is 10.4 Å². The first kappa shape index (κ1) is 14.5. The molecule has 1 heterocycles. The van der Waals surface area contributed by atoms with Crippen molar-refractivity contribution in [2.24, 2.45) is 0 Å². The van der Waals surface area contributed by atoms with E-state index in [9.17, 15) is 14.9 Å². The lowest BCUT2D eigenvalue weighted by Crippen LogP contribution is -2.13. The first-order valence-corrected chi connectivity index (χ1v) is 6.22. The first-order chi connectivity index (χ1) is 9.97. The molecule has 0 atom stereocenters. The molecule has 2 aromatic rings. The van der Waals surface area contributed by atoms with E-state index in [1.165, 1.54) is 12.1 Å². The van der Waals surface area contributed by atoms with Crippen LogP contribution in [0.4, 0.5) is 11.4 Å². The summed E-state index contributed by atoms with van der Waals surface area (Å²) >= 11 is 0. The van der Waals surface area contributed by atoms with Crippen LogP contribution in [0.5, 0.6) is 0 Å². The Morgan fingerprint density at radius 3 is 2.86 bits per heavy atom. The number of benzene rings is 1. The van der Waals surface area contributed by atoms with Crippen molar-refractivity contribution in [3.8, 4) is 0 Å². The van der Waals surface area contributed by atoms with Crippen LogP contribution in [0.1, 0.15) is 15.9 Å². The molecule has 0 aliphatic carbocycles. The minimum atomic E-state index is -1.21. The molecule has 0 saturated carbocycles. The van der Waals surface area contributed by atoms with Gasteiger partial charge in [0.05, 0.1) is 23.2 Å². The van der Waals surface area contributed by atoms with E-state index in [4.69, 9.17) is 5.11 Å². The van der Waals surface area contributed by atoms with Crippen LogP contribution < -0.4 is 5.32 Å². The maximum atomic E-state index is 11.2. The van der Waals surface area contributed by atoms with Crippen LogP contribution in [-0.4, -0.2) is 32.3 Å². The van der Waals surface area contributed by atoms with Gasteiger partial charge in [0.25, 0.3) is 5.69 Å². The van der Waals surface area contributed by atoms with Crippen molar-refractivity contribution in [1.82, 2.24) is 9.78 Å². The molecule has 0 unspecified atom stereocenters. The van der Waals surface area contributed by atoms with Gasteiger partial charge in [-0.2, -0.15) is 5.10 Å². The highest BCUT2D eigenvalue weighted by atomic mass is 16.6. The Morgan fingerprint density at radius 2 is 2.29 bits per heavy atom. The number of nitro groups is 1. The van der Waals surface area contributed by atoms with E-state index >= 15 is 0 Å². The van der Waals surface area contributed by atoms with E-state index in [1.54, 1.807) is 10.9 Å². The summed E-state index contributed by atoms with van der Waals surface area (Å²) in [7, 11) is 0. The molecule has 0 bridgehead atoms. The van der Waals surface area contributed by atoms with Gasteiger partial charge in [0.15, 0.2) is 0 Å². The summed E-state index contributed by atoms with van der Waals surface area (Å²) in [6.07, 6.45) is 3.60. The number of aryl methyl sites for hydroxylation is 1. The minimum Gasteiger partial charge on any atom is -0.478 e. The fraction of sp³-hybridized carbons (Fsp3) is 0.231. The third-order valence-electron chi connectivity index (χ3n) is 2.86. The Bertz CT molecular complexity index is 681. The number of nitrogens with zero attached hydrogens (tertiary/aromatic N) is 3. The number of anilines is 1. The molecule has 2 N–H and O–H groups in total. The summed E-state index contributed by atoms with van der Waals surface area (Å²) in [5, 5.41) is 26.8. The van der Waals surface area contributed by atoms with Crippen molar-refractivity contribution < 1.29 is 14.8 Å². The fourth-order valence-corrected chi connectivity index (χ4v) is 1.87. The molecule has 2 rings (SSSR count). The Labute approximate surface area is 120 Å². The average molecular weight is 290 g/mol. The lowest BCUT2D eigenvalue weighted by atomic mass is 10.1. The molecule has 0 radical (unpaired) electrons. The van der Waals surface area contributed by atoms with E-state index in [2.05, 4.69) is 10.4 Å². The molecule has 0 spiro atoms. The van der Waals surface area contributed by atoms with Crippen LogP contribution in [0.15, 0.2) is 30.6 Å². The Morgan fingerprint density at radius 1 is 1.52 bits per heavy atom. The van der Waals surface area contributed by atoms with Gasteiger partial charge in [0, 0.05) is 30.6 Å². The van der Waals surface area contributed by atoms with Gasteiger partial charge in [-0.25, -0.2) is 4.79 Å². The summed E-state index contributed by atoms with van der Waals surface area (Å²) in [6.45, 7) is 2.94. The summed E-state index contributed by atoms with van der Waals surface area (Å²) < 4.78 is 1.73. The van der Waals surface area contributed by atoms with Gasteiger partial charge in [0.2, 0.25) is 0 Å². The maximum absolute atomic E-state index is 11.2. The highest BCUT2D eigenvalue weighted by molar-refractivity contribution is 5.95. The lowest BCUT2D eigenvalue weighted by molar-refractivity contribution is -0.384. The molecule has 0 aliphatic rings. The van der Waals surface area contributed by atoms with Crippen molar-refractivity contribution in [1.29, 1.82) is 0 Å². The predicted molar refractivity (Wildman–Crippen MR) is 75.5 cm³/mol. The number of carboxylic acids is 1. The van der Waals surface area contributed by atoms with Gasteiger partial charge in [0.1, 0.15) is 0 Å². The molecule has 110 valence electrons. The predicted octanol–water partition coefficient (Wildman–Crippen LogP) is 1.91. The second-order valence-electron chi connectivity index (χ2n) is 4.50. The Balaban J connectivity index is 2.08. The van der Waals surface area contributed by atoms with Gasteiger partial charge in [-0.1, -0.05) is 0 Å². The zero-order valence-electron chi connectivity index (χ0n) is 11.3. The lowest BCUT2D eigenvalue weighted by Gasteiger charge is -2.09. The fourth-order valence-electron chi connectivity index (χ4n) is 1.87. The van der Waals surface area contributed by atoms with E-state index < -0.39 is 10.9 Å². The summed E-state index contributed by atoms with van der Waals surface area (Å²) in [5.74, 6) is -1.21. The number of nitro benzene ring substituents is 1. The third kappa shape index (κ3) is 3.56. The first-order valence-electron chi connectivity index (χ1n) is 6.22. The smallest absolute Gasteiger partial charge is 0.338 e. The Hall–Kier alpha value is -2.90. The van der Waals surface area contributed by atoms with Crippen LogP contribution in [0.2, 0.25) is 0 Å². The standard InChI is InChI=1S/C13H14N4O4/c1-9-7-15-16(8-9)5-4-14-12-3-2-10(17(20)21)6-11(12)13(18)19/h2-3,6-8,14H,4-5H2,1H3,(H,18,19). The largest absolute Gasteiger partial charge is 0.478 e. The molecule has 8 nitrogen and oxygen atoms in total. The monoisotopic (exact) mass is 290 g/mol. The molecule has 1 aromatic heterocycles. The number of rotatable bonds is 6. The topological polar surface area (TPSA) is 110 Å². The van der Waals surface area contributed by atoms with E-state index in [1.807, 2.05) is 13.1 Å². The molecule has 0 saturated heterocycles. The zero-order chi connectivity index (χ0) is 15.4. The van der Waals surface area contributed by atoms with E-state index in [0.29, 0.717) is 18.8 Å². The second-order valence-corrected chi connectivity index (χ2v) is 4.50. The Kier molecular flexibility index (Phi) is 4.17. The average Bonchev–Trinajstić information content (AvgIpc) is 2.84. The SMILES string of the molecule is Cc1cnn(CCNc2ccc([N+](=O)[O-])cc2C(=O)O)c1. The highest BCUT2D eigenvalue weighted by Gasteiger charge is 2.15. The summed E-state index contributed by atoms with van der Waals surface area (Å²) in [4.78, 5) is 21.2. The van der Waals surface area contributed by atoms with Crippen LogP contribution in [-0.2, 0) is 6.54 Å². The molecule has 0 fully saturated rings. The number of carbonyl (C=O) groups is 1.